The summed E-state index contributed by atoms with van der Waals surface area (Å²) in [4.78, 5) is 16.6. The van der Waals surface area contributed by atoms with Crippen molar-refractivity contribution in [1.82, 2.24) is 9.80 Å². The van der Waals surface area contributed by atoms with Crippen LogP contribution in [-0.4, -0.2) is 66.8 Å². The van der Waals surface area contributed by atoms with E-state index >= 15 is 0 Å². The van der Waals surface area contributed by atoms with Crippen LogP contribution in [0.4, 0.5) is 5.69 Å². The fourth-order valence-corrected chi connectivity index (χ4v) is 2.53. The molecule has 0 saturated carbocycles. The van der Waals surface area contributed by atoms with Gasteiger partial charge in [0, 0.05) is 38.4 Å². The third-order valence-corrected chi connectivity index (χ3v) is 3.65. The van der Waals surface area contributed by atoms with E-state index in [4.69, 9.17) is 15.6 Å². The van der Waals surface area contributed by atoms with Gasteiger partial charge in [-0.05, 0) is 19.1 Å². The first kappa shape index (κ1) is 15.6. The zero-order chi connectivity index (χ0) is 15.2. The second-order valence-corrected chi connectivity index (χ2v) is 5.01. The molecule has 0 aliphatic carbocycles. The lowest BCUT2D eigenvalue weighted by atomic mass is 10.1. The third-order valence-electron chi connectivity index (χ3n) is 3.65. The van der Waals surface area contributed by atoms with Gasteiger partial charge in [-0.2, -0.15) is 0 Å². The summed E-state index contributed by atoms with van der Waals surface area (Å²) in [6.07, 6.45) is 0. The van der Waals surface area contributed by atoms with Crippen molar-refractivity contribution < 1.29 is 14.6 Å². The van der Waals surface area contributed by atoms with Gasteiger partial charge < -0.3 is 20.5 Å². The number of nitrogen functional groups attached to an aromatic ring is 1. The van der Waals surface area contributed by atoms with Gasteiger partial charge in [0.05, 0.1) is 13.2 Å². The normalized spacial score (nSPS) is 16.0. The van der Waals surface area contributed by atoms with Crippen LogP contribution in [-0.2, 0) is 0 Å². The number of carbonyl (C=O) groups excluding carboxylic acids is 1. The average Bonchev–Trinajstić information content (AvgIpc) is 2.48. The van der Waals surface area contributed by atoms with E-state index in [1.165, 1.54) is 0 Å². The first-order valence-corrected chi connectivity index (χ1v) is 7.31. The van der Waals surface area contributed by atoms with Crippen molar-refractivity contribution in [3.63, 3.8) is 0 Å². The predicted molar refractivity (Wildman–Crippen MR) is 81.5 cm³/mol. The lowest BCUT2D eigenvalue weighted by Crippen LogP contribution is -2.49. The van der Waals surface area contributed by atoms with E-state index in [9.17, 15) is 4.79 Å². The second kappa shape index (κ2) is 7.28. The minimum atomic E-state index is -0.0831. The molecule has 0 bridgehead atoms. The maximum atomic E-state index is 12.7. The summed E-state index contributed by atoms with van der Waals surface area (Å²) >= 11 is 0. The number of nitrogens with two attached hydrogens (primary N) is 1. The Morgan fingerprint density at radius 2 is 2.05 bits per heavy atom. The molecule has 1 aromatic carbocycles. The molecule has 6 heteroatoms. The molecule has 0 unspecified atom stereocenters. The molecule has 1 saturated heterocycles. The lowest BCUT2D eigenvalue weighted by Gasteiger charge is -2.34. The van der Waals surface area contributed by atoms with E-state index in [1.54, 1.807) is 23.1 Å². The molecule has 1 fully saturated rings. The zero-order valence-corrected chi connectivity index (χ0v) is 12.4. The zero-order valence-electron chi connectivity index (χ0n) is 12.4. The predicted octanol–water partition coefficient (Wildman–Crippen LogP) is 0.418. The van der Waals surface area contributed by atoms with E-state index in [0.717, 1.165) is 13.1 Å². The van der Waals surface area contributed by atoms with Crippen molar-refractivity contribution in [3.8, 4) is 5.75 Å². The van der Waals surface area contributed by atoms with Gasteiger partial charge in [-0.15, -0.1) is 0 Å². The Bertz CT molecular complexity index is 485. The fourth-order valence-electron chi connectivity index (χ4n) is 2.53. The fraction of sp³-hybridized carbons (Fsp3) is 0.533. The van der Waals surface area contributed by atoms with Crippen LogP contribution in [0.15, 0.2) is 18.2 Å². The van der Waals surface area contributed by atoms with Gasteiger partial charge in [-0.3, -0.25) is 9.69 Å². The van der Waals surface area contributed by atoms with E-state index in [1.807, 2.05) is 6.92 Å². The SMILES string of the molecule is CCOc1cccc(N)c1C(=O)N1CCN(CCO)CC1. The molecule has 1 amide bonds. The van der Waals surface area contributed by atoms with Crippen LogP contribution in [0.25, 0.3) is 0 Å². The molecule has 21 heavy (non-hydrogen) atoms. The van der Waals surface area contributed by atoms with E-state index in [0.29, 0.717) is 43.2 Å². The molecule has 1 heterocycles. The number of rotatable bonds is 5. The Morgan fingerprint density at radius 3 is 2.67 bits per heavy atom. The lowest BCUT2D eigenvalue weighted by molar-refractivity contribution is 0.0612. The molecule has 2 rings (SSSR count). The summed E-state index contributed by atoms with van der Waals surface area (Å²) in [7, 11) is 0. The van der Waals surface area contributed by atoms with E-state index in [2.05, 4.69) is 4.90 Å². The highest BCUT2D eigenvalue weighted by Crippen LogP contribution is 2.26. The van der Waals surface area contributed by atoms with Gasteiger partial charge in [0.1, 0.15) is 11.3 Å². The van der Waals surface area contributed by atoms with Crippen molar-refractivity contribution in [1.29, 1.82) is 0 Å². The highest BCUT2D eigenvalue weighted by molar-refractivity contribution is 6.01. The number of anilines is 1. The highest BCUT2D eigenvalue weighted by atomic mass is 16.5. The molecule has 0 radical (unpaired) electrons. The number of β-amino-alcohol motifs (C(OH)–C–C–N with tert-alkyl or cyclic N) is 1. The molecule has 1 aliphatic heterocycles. The van der Waals surface area contributed by atoms with Crippen molar-refractivity contribution >= 4 is 11.6 Å². The van der Waals surface area contributed by atoms with Crippen LogP contribution in [0.5, 0.6) is 5.75 Å². The van der Waals surface area contributed by atoms with Crippen LogP contribution in [0.3, 0.4) is 0 Å². The van der Waals surface area contributed by atoms with Crippen LogP contribution < -0.4 is 10.5 Å². The number of hydrogen-bond acceptors (Lipinski definition) is 5. The Labute approximate surface area is 125 Å². The highest BCUT2D eigenvalue weighted by Gasteiger charge is 2.25. The number of piperazine rings is 1. The second-order valence-electron chi connectivity index (χ2n) is 5.01. The number of benzene rings is 1. The van der Waals surface area contributed by atoms with Crippen LogP contribution in [0.1, 0.15) is 17.3 Å². The quantitative estimate of drug-likeness (QED) is 0.769. The van der Waals surface area contributed by atoms with Gasteiger partial charge in [0.2, 0.25) is 0 Å². The molecule has 1 aromatic rings. The smallest absolute Gasteiger partial charge is 0.259 e. The van der Waals surface area contributed by atoms with E-state index < -0.39 is 0 Å². The van der Waals surface area contributed by atoms with Crippen molar-refractivity contribution in [3.05, 3.63) is 23.8 Å². The summed E-state index contributed by atoms with van der Waals surface area (Å²) in [5.41, 5.74) is 6.86. The molecule has 0 atom stereocenters. The first-order chi connectivity index (χ1) is 10.2. The molecule has 1 aliphatic rings. The summed E-state index contributed by atoms with van der Waals surface area (Å²) in [5.74, 6) is 0.459. The average molecular weight is 293 g/mol. The third kappa shape index (κ3) is 3.65. The molecular weight excluding hydrogens is 270 g/mol. The summed E-state index contributed by atoms with van der Waals surface area (Å²) in [6.45, 7) is 5.98. The molecule has 116 valence electrons. The van der Waals surface area contributed by atoms with Crippen molar-refractivity contribution in [2.24, 2.45) is 0 Å². The number of hydrogen-bond donors (Lipinski definition) is 2. The standard InChI is InChI=1S/C15H23N3O3/c1-2-21-13-5-3-4-12(16)14(13)15(20)18-8-6-17(7-9-18)10-11-19/h3-5,19H,2,6-11,16H2,1H3. The van der Waals surface area contributed by atoms with Crippen molar-refractivity contribution in [2.45, 2.75) is 6.92 Å². The molecule has 3 N–H and O–H groups in total. The monoisotopic (exact) mass is 293 g/mol. The minimum Gasteiger partial charge on any atom is -0.493 e. The molecule has 0 spiro atoms. The Morgan fingerprint density at radius 1 is 1.33 bits per heavy atom. The summed E-state index contributed by atoms with van der Waals surface area (Å²) in [6, 6.07) is 5.28. The Balaban J connectivity index is 2.10. The maximum Gasteiger partial charge on any atom is 0.259 e. The van der Waals surface area contributed by atoms with Crippen LogP contribution in [0.2, 0.25) is 0 Å². The first-order valence-electron chi connectivity index (χ1n) is 7.31. The van der Waals surface area contributed by atoms with Gasteiger partial charge in [-0.1, -0.05) is 6.07 Å². The van der Waals surface area contributed by atoms with Gasteiger partial charge in [0.25, 0.3) is 5.91 Å². The Kier molecular flexibility index (Phi) is 5.41. The largest absolute Gasteiger partial charge is 0.493 e. The van der Waals surface area contributed by atoms with Gasteiger partial charge >= 0.3 is 0 Å². The van der Waals surface area contributed by atoms with E-state index in [-0.39, 0.29) is 12.5 Å². The minimum absolute atomic E-state index is 0.0831. The van der Waals surface area contributed by atoms with Crippen LogP contribution >= 0.6 is 0 Å². The van der Waals surface area contributed by atoms with Gasteiger partial charge in [-0.25, -0.2) is 0 Å². The number of aliphatic hydroxyl groups excluding tert-OH is 1. The summed E-state index contributed by atoms with van der Waals surface area (Å²) in [5, 5.41) is 8.95. The molecule has 6 nitrogen and oxygen atoms in total. The number of carbonyl (C=O) groups is 1. The number of aliphatic hydroxyl groups is 1. The van der Waals surface area contributed by atoms with Crippen LogP contribution in [0, 0.1) is 0 Å². The topological polar surface area (TPSA) is 79.0 Å². The molecule has 0 aromatic heterocycles. The maximum absolute atomic E-state index is 12.7. The van der Waals surface area contributed by atoms with Crippen molar-refractivity contribution in [2.75, 3.05) is 51.7 Å². The van der Waals surface area contributed by atoms with Gasteiger partial charge in [0.15, 0.2) is 0 Å². The number of amides is 1. The number of ether oxygens (including phenoxy) is 1. The summed E-state index contributed by atoms with van der Waals surface area (Å²) < 4.78 is 5.52. The molecular formula is C15H23N3O3. The Hall–Kier alpha value is -1.79. The number of nitrogens with zero attached hydrogens (tertiary/aromatic N) is 2.